The van der Waals surface area contributed by atoms with Crippen molar-refractivity contribution in [2.75, 3.05) is 0 Å². The van der Waals surface area contributed by atoms with E-state index in [2.05, 4.69) is 43.7 Å². The minimum Gasteiger partial charge on any atom is -0.115 e. The zero-order valence-corrected chi connectivity index (χ0v) is 10.5. The molecule has 86 valence electrons. The van der Waals surface area contributed by atoms with E-state index < -0.39 is 0 Å². The van der Waals surface area contributed by atoms with Crippen molar-refractivity contribution in [2.24, 2.45) is 0 Å². The average Bonchev–Trinajstić information content (AvgIpc) is 2.39. The molecule has 1 aromatic carbocycles. The van der Waals surface area contributed by atoms with Crippen LogP contribution in [-0.4, -0.2) is 0 Å². The molecule has 1 rings (SSSR count). The van der Waals surface area contributed by atoms with Gasteiger partial charge in [-0.05, 0) is 35.6 Å². The van der Waals surface area contributed by atoms with Crippen LogP contribution in [0.5, 0.6) is 0 Å². The Morgan fingerprint density at radius 3 is 2.41 bits per heavy atom. The number of hydrogen-bond acceptors (Lipinski definition) is 0. The minimum absolute atomic E-state index is 0.912. The minimum atomic E-state index is 0.912. The number of rotatable bonds is 4. The van der Waals surface area contributed by atoms with E-state index in [4.69, 9.17) is 6.42 Å². The highest BCUT2D eigenvalue weighted by Crippen LogP contribution is 2.17. The van der Waals surface area contributed by atoms with Crippen molar-refractivity contribution in [3.05, 3.63) is 65.8 Å². The second kappa shape index (κ2) is 6.55. The molecule has 0 nitrogen and oxygen atoms in total. The van der Waals surface area contributed by atoms with Crippen molar-refractivity contribution >= 4 is 5.57 Å². The normalized spacial score (nSPS) is 12.1. The van der Waals surface area contributed by atoms with Crippen molar-refractivity contribution in [3.8, 4) is 12.3 Å². The molecule has 0 aromatic heterocycles. The zero-order valence-electron chi connectivity index (χ0n) is 10.5. The van der Waals surface area contributed by atoms with Crippen molar-refractivity contribution in [1.82, 2.24) is 0 Å². The molecule has 0 heteroatoms. The molecule has 0 fully saturated rings. The molecular formula is C17H18. The van der Waals surface area contributed by atoms with E-state index in [1.165, 1.54) is 11.1 Å². The van der Waals surface area contributed by atoms with Gasteiger partial charge >= 0.3 is 0 Å². The van der Waals surface area contributed by atoms with Gasteiger partial charge in [0.2, 0.25) is 0 Å². The van der Waals surface area contributed by atoms with Crippen molar-refractivity contribution < 1.29 is 0 Å². The van der Waals surface area contributed by atoms with Crippen molar-refractivity contribution in [1.29, 1.82) is 0 Å². The molecule has 0 atom stereocenters. The van der Waals surface area contributed by atoms with Crippen LogP contribution in [0.15, 0.2) is 54.6 Å². The first-order valence-electron chi connectivity index (χ1n) is 5.78. The lowest BCUT2D eigenvalue weighted by molar-refractivity contribution is 1.14. The molecule has 0 unspecified atom stereocenters. The summed E-state index contributed by atoms with van der Waals surface area (Å²) in [5.74, 6) is 2.60. The Bertz CT molecular complexity index is 476. The molecule has 0 amide bonds. The van der Waals surface area contributed by atoms with E-state index in [9.17, 15) is 0 Å². The van der Waals surface area contributed by atoms with Crippen LogP contribution in [0, 0.1) is 12.3 Å². The van der Waals surface area contributed by atoms with Crippen LogP contribution in [-0.2, 0) is 6.42 Å². The average molecular weight is 222 g/mol. The summed E-state index contributed by atoms with van der Waals surface area (Å²) in [6.07, 6.45) is 12.1. The topological polar surface area (TPSA) is 0 Å². The van der Waals surface area contributed by atoms with E-state index in [0.717, 1.165) is 17.6 Å². The lowest BCUT2D eigenvalue weighted by atomic mass is 10.0. The predicted molar refractivity (Wildman–Crippen MR) is 76.6 cm³/mol. The Morgan fingerprint density at radius 2 is 1.94 bits per heavy atom. The zero-order chi connectivity index (χ0) is 12.7. The van der Waals surface area contributed by atoms with Crippen molar-refractivity contribution in [2.45, 2.75) is 20.3 Å². The molecule has 17 heavy (non-hydrogen) atoms. The summed E-state index contributed by atoms with van der Waals surface area (Å²) in [5, 5.41) is 0. The smallest absolute Gasteiger partial charge is 0.00133 e. The summed E-state index contributed by atoms with van der Waals surface area (Å²) in [5.41, 5.74) is 4.50. The maximum absolute atomic E-state index is 5.30. The molecule has 0 saturated carbocycles. The summed E-state index contributed by atoms with van der Waals surface area (Å²) < 4.78 is 0. The van der Waals surface area contributed by atoms with Gasteiger partial charge in [-0.25, -0.2) is 0 Å². The summed E-state index contributed by atoms with van der Waals surface area (Å²) in [4.78, 5) is 0. The second-order valence-electron chi connectivity index (χ2n) is 3.87. The maximum atomic E-state index is 5.30. The Morgan fingerprint density at radius 1 is 1.29 bits per heavy atom. The first kappa shape index (κ1) is 13.1. The lowest BCUT2D eigenvalue weighted by Crippen LogP contribution is -1.83. The third kappa shape index (κ3) is 3.81. The van der Waals surface area contributed by atoms with Crippen LogP contribution < -0.4 is 0 Å². The van der Waals surface area contributed by atoms with Crippen LogP contribution in [0.2, 0.25) is 0 Å². The van der Waals surface area contributed by atoms with E-state index in [1.807, 2.05) is 25.2 Å². The molecule has 0 bridgehead atoms. The fraction of sp³-hybridized carbons (Fsp3) is 0.176. The fourth-order valence-corrected chi connectivity index (χ4v) is 1.48. The predicted octanol–water partition coefficient (Wildman–Crippen LogP) is 4.40. The third-order valence-corrected chi connectivity index (χ3v) is 2.66. The lowest BCUT2D eigenvalue weighted by Gasteiger charge is -2.03. The number of benzene rings is 1. The monoisotopic (exact) mass is 222 g/mol. The van der Waals surface area contributed by atoms with E-state index in [0.29, 0.717) is 0 Å². The molecule has 0 N–H and O–H groups in total. The highest BCUT2D eigenvalue weighted by Gasteiger charge is 1.96. The van der Waals surface area contributed by atoms with E-state index in [-0.39, 0.29) is 0 Å². The summed E-state index contributed by atoms with van der Waals surface area (Å²) in [6, 6.07) is 8.52. The van der Waals surface area contributed by atoms with Crippen LogP contribution in [0.3, 0.4) is 0 Å². The van der Waals surface area contributed by atoms with Gasteiger partial charge in [-0.1, -0.05) is 61.9 Å². The van der Waals surface area contributed by atoms with Gasteiger partial charge < -0.3 is 0 Å². The molecule has 0 radical (unpaired) electrons. The second-order valence-corrected chi connectivity index (χ2v) is 3.87. The van der Waals surface area contributed by atoms with Crippen LogP contribution >= 0.6 is 0 Å². The van der Waals surface area contributed by atoms with Crippen molar-refractivity contribution in [3.63, 3.8) is 0 Å². The molecule has 0 heterocycles. The van der Waals surface area contributed by atoms with Crippen LogP contribution in [0.1, 0.15) is 25.0 Å². The fourth-order valence-electron chi connectivity index (χ4n) is 1.48. The number of aryl methyl sites for hydroxylation is 1. The van der Waals surface area contributed by atoms with Gasteiger partial charge in [-0.15, -0.1) is 6.42 Å². The van der Waals surface area contributed by atoms with Gasteiger partial charge in [-0.3, -0.25) is 0 Å². The maximum Gasteiger partial charge on any atom is -0.00133 e. The summed E-state index contributed by atoms with van der Waals surface area (Å²) in [7, 11) is 0. The standard InChI is InChI=1S/C17H18/c1-5-14(4)8-11-16(7-3)17-12-9-15(6-2)10-13-17/h1,7-13H,3,6H2,2,4H3/b14-8+,16-11+. The SMILES string of the molecule is C#C/C(C)=C/C=C(\C=C)c1ccc(CC)cc1. The van der Waals surface area contributed by atoms with Crippen LogP contribution in [0.25, 0.3) is 5.57 Å². The number of hydrogen-bond donors (Lipinski definition) is 0. The Labute approximate surface area is 104 Å². The molecule has 1 aromatic rings. The van der Waals surface area contributed by atoms with E-state index in [1.54, 1.807) is 0 Å². The highest BCUT2D eigenvalue weighted by molar-refractivity contribution is 5.75. The Hall–Kier alpha value is -2.00. The summed E-state index contributed by atoms with van der Waals surface area (Å²) in [6.45, 7) is 7.90. The van der Waals surface area contributed by atoms with E-state index >= 15 is 0 Å². The molecule has 0 spiro atoms. The quantitative estimate of drug-likeness (QED) is 0.523. The molecule has 0 aliphatic heterocycles. The van der Waals surface area contributed by atoms with Gasteiger partial charge in [0.25, 0.3) is 0 Å². The first-order valence-corrected chi connectivity index (χ1v) is 5.78. The van der Waals surface area contributed by atoms with Crippen LogP contribution in [0.4, 0.5) is 0 Å². The van der Waals surface area contributed by atoms with Gasteiger partial charge in [0.05, 0.1) is 0 Å². The molecule has 0 aliphatic rings. The number of allylic oxidation sites excluding steroid dienone is 5. The van der Waals surface area contributed by atoms with Gasteiger partial charge in [0.1, 0.15) is 0 Å². The molecule has 0 aliphatic carbocycles. The largest absolute Gasteiger partial charge is 0.115 e. The summed E-state index contributed by atoms with van der Waals surface area (Å²) >= 11 is 0. The molecule has 0 saturated heterocycles. The van der Waals surface area contributed by atoms with Gasteiger partial charge in [0.15, 0.2) is 0 Å². The Kier molecular flexibility index (Phi) is 5.04. The van der Waals surface area contributed by atoms with Gasteiger partial charge in [0, 0.05) is 0 Å². The Balaban J connectivity index is 3.02. The first-order chi connectivity index (χ1) is 8.21. The molecular weight excluding hydrogens is 204 g/mol. The third-order valence-electron chi connectivity index (χ3n) is 2.66. The number of terminal acetylenes is 1. The van der Waals surface area contributed by atoms with Gasteiger partial charge in [-0.2, -0.15) is 0 Å². The highest BCUT2D eigenvalue weighted by atomic mass is 14.0.